The van der Waals surface area contributed by atoms with Crippen LogP contribution in [-0.2, 0) is 6.54 Å². The lowest BCUT2D eigenvalue weighted by Gasteiger charge is -2.38. The average Bonchev–Trinajstić information content (AvgIpc) is 2.65. The number of hydrogen-bond acceptors (Lipinski definition) is 3. The van der Waals surface area contributed by atoms with Crippen molar-refractivity contribution in [2.24, 2.45) is 0 Å². The quantitative estimate of drug-likeness (QED) is 0.798. The maximum absolute atomic E-state index is 13.1. The molecular formula is C20H17N3O. The van der Waals surface area contributed by atoms with Gasteiger partial charge in [-0.05, 0) is 35.4 Å². The van der Waals surface area contributed by atoms with Gasteiger partial charge in [0.15, 0.2) is 0 Å². The second-order valence-electron chi connectivity index (χ2n) is 5.79. The molecule has 118 valence electrons. The van der Waals surface area contributed by atoms with E-state index in [4.69, 9.17) is 0 Å². The normalized spacial score (nSPS) is 16.4. The second kappa shape index (κ2) is 6.16. The lowest BCUT2D eigenvalue weighted by atomic mass is 10.0. The number of aromatic nitrogens is 1. The van der Waals surface area contributed by atoms with E-state index in [1.54, 1.807) is 12.4 Å². The zero-order chi connectivity index (χ0) is 16.4. The van der Waals surface area contributed by atoms with E-state index in [0.29, 0.717) is 12.1 Å². The van der Waals surface area contributed by atoms with Crippen molar-refractivity contribution < 1.29 is 4.79 Å². The van der Waals surface area contributed by atoms with Crippen LogP contribution in [0.3, 0.4) is 0 Å². The van der Waals surface area contributed by atoms with E-state index in [0.717, 1.165) is 16.8 Å². The van der Waals surface area contributed by atoms with Gasteiger partial charge in [-0.2, -0.15) is 0 Å². The SMILES string of the molecule is O=C1c2ccccc2N[C@H](c2ccncc2)N1Cc1ccccc1. The molecule has 1 N–H and O–H groups in total. The zero-order valence-corrected chi connectivity index (χ0v) is 13.1. The van der Waals surface area contributed by atoms with E-state index in [-0.39, 0.29) is 12.1 Å². The summed E-state index contributed by atoms with van der Waals surface area (Å²) in [5.41, 5.74) is 3.70. The van der Waals surface area contributed by atoms with Gasteiger partial charge in [0.2, 0.25) is 0 Å². The molecule has 0 fully saturated rings. The van der Waals surface area contributed by atoms with Gasteiger partial charge in [0.25, 0.3) is 5.91 Å². The van der Waals surface area contributed by atoms with Crippen LogP contribution in [0, 0.1) is 0 Å². The number of carbonyl (C=O) groups excluding carboxylic acids is 1. The van der Waals surface area contributed by atoms with Crippen LogP contribution >= 0.6 is 0 Å². The van der Waals surface area contributed by atoms with Gasteiger partial charge in [-0.25, -0.2) is 0 Å². The molecule has 4 nitrogen and oxygen atoms in total. The van der Waals surface area contributed by atoms with Crippen molar-refractivity contribution in [3.63, 3.8) is 0 Å². The van der Waals surface area contributed by atoms with Crippen LogP contribution in [0.1, 0.15) is 27.7 Å². The number of fused-ring (bicyclic) bond motifs is 1. The fourth-order valence-electron chi connectivity index (χ4n) is 3.04. The summed E-state index contributed by atoms with van der Waals surface area (Å²) in [7, 11) is 0. The Morgan fingerprint density at radius 1 is 0.917 bits per heavy atom. The molecule has 1 amide bonds. The number of anilines is 1. The van der Waals surface area contributed by atoms with Gasteiger partial charge in [-0.3, -0.25) is 9.78 Å². The van der Waals surface area contributed by atoms with Crippen LogP contribution in [0.15, 0.2) is 79.1 Å². The molecule has 0 bridgehead atoms. The Morgan fingerprint density at radius 3 is 2.42 bits per heavy atom. The van der Waals surface area contributed by atoms with Crippen LogP contribution in [0.2, 0.25) is 0 Å². The summed E-state index contributed by atoms with van der Waals surface area (Å²) >= 11 is 0. The summed E-state index contributed by atoms with van der Waals surface area (Å²) in [5.74, 6) is 0.0371. The van der Waals surface area contributed by atoms with Gasteiger partial charge >= 0.3 is 0 Å². The lowest BCUT2D eigenvalue weighted by Crippen LogP contribution is -2.42. The Kier molecular flexibility index (Phi) is 3.71. The molecule has 1 atom stereocenters. The van der Waals surface area contributed by atoms with Crippen LogP contribution in [0.5, 0.6) is 0 Å². The van der Waals surface area contributed by atoms with E-state index in [1.165, 1.54) is 0 Å². The first-order valence-corrected chi connectivity index (χ1v) is 7.93. The first-order chi connectivity index (χ1) is 11.8. The van der Waals surface area contributed by atoms with Gasteiger partial charge in [0, 0.05) is 24.6 Å². The summed E-state index contributed by atoms with van der Waals surface area (Å²) in [4.78, 5) is 19.0. The number of hydrogen-bond donors (Lipinski definition) is 1. The van der Waals surface area contributed by atoms with E-state index < -0.39 is 0 Å². The molecule has 0 saturated carbocycles. The molecule has 1 aliphatic rings. The van der Waals surface area contributed by atoms with Crippen LogP contribution < -0.4 is 5.32 Å². The molecule has 2 heterocycles. The number of carbonyl (C=O) groups is 1. The Labute approximate surface area is 140 Å². The minimum absolute atomic E-state index is 0.0371. The van der Waals surface area contributed by atoms with Crippen LogP contribution in [0.4, 0.5) is 5.69 Å². The maximum Gasteiger partial charge on any atom is 0.258 e. The number of benzene rings is 2. The van der Waals surface area contributed by atoms with Crippen molar-refractivity contribution in [3.8, 4) is 0 Å². The van der Waals surface area contributed by atoms with Gasteiger partial charge in [-0.1, -0.05) is 42.5 Å². The molecule has 0 aliphatic carbocycles. The van der Waals surface area contributed by atoms with Crippen molar-refractivity contribution in [1.29, 1.82) is 0 Å². The lowest BCUT2D eigenvalue weighted by molar-refractivity contribution is 0.0666. The number of nitrogens with zero attached hydrogens (tertiary/aromatic N) is 2. The first-order valence-electron chi connectivity index (χ1n) is 7.93. The van der Waals surface area contributed by atoms with Crippen molar-refractivity contribution in [2.45, 2.75) is 12.7 Å². The first kappa shape index (κ1) is 14.5. The van der Waals surface area contributed by atoms with Gasteiger partial charge in [-0.15, -0.1) is 0 Å². The number of rotatable bonds is 3. The largest absolute Gasteiger partial charge is 0.361 e. The molecule has 0 saturated heterocycles. The number of nitrogens with one attached hydrogen (secondary N) is 1. The van der Waals surface area contributed by atoms with E-state index in [2.05, 4.69) is 10.3 Å². The minimum Gasteiger partial charge on any atom is -0.361 e. The molecule has 4 heteroatoms. The van der Waals surface area contributed by atoms with Gasteiger partial charge in [0.1, 0.15) is 6.17 Å². The molecule has 3 aromatic rings. The molecule has 1 aromatic heterocycles. The van der Waals surface area contributed by atoms with Gasteiger partial charge in [0.05, 0.1) is 5.56 Å². The molecule has 0 unspecified atom stereocenters. The third-order valence-electron chi connectivity index (χ3n) is 4.24. The summed E-state index contributed by atoms with van der Waals surface area (Å²) < 4.78 is 0. The van der Waals surface area contributed by atoms with Gasteiger partial charge < -0.3 is 10.2 Å². The standard InChI is InChI=1S/C20H17N3O/c24-20-17-8-4-5-9-18(17)22-19(16-10-12-21-13-11-16)23(20)14-15-6-2-1-3-7-15/h1-13,19,22H,14H2/t19-/m0/s1. The minimum atomic E-state index is -0.212. The number of para-hydroxylation sites is 1. The molecule has 1 aliphatic heterocycles. The third-order valence-corrected chi connectivity index (χ3v) is 4.24. The molecule has 0 radical (unpaired) electrons. The number of pyridine rings is 1. The molecule has 4 rings (SSSR count). The second-order valence-corrected chi connectivity index (χ2v) is 5.79. The van der Waals surface area contributed by atoms with E-state index in [1.807, 2.05) is 71.6 Å². The molecule has 24 heavy (non-hydrogen) atoms. The highest BCUT2D eigenvalue weighted by Gasteiger charge is 2.32. The van der Waals surface area contributed by atoms with E-state index in [9.17, 15) is 4.79 Å². The van der Waals surface area contributed by atoms with Crippen molar-refractivity contribution in [1.82, 2.24) is 9.88 Å². The molecule has 2 aromatic carbocycles. The van der Waals surface area contributed by atoms with Crippen molar-refractivity contribution in [2.75, 3.05) is 5.32 Å². The van der Waals surface area contributed by atoms with E-state index >= 15 is 0 Å². The topological polar surface area (TPSA) is 45.2 Å². The number of amides is 1. The van der Waals surface area contributed by atoms with Crippen molar-refractivity contribution in [3.05, 3.63) is 95.8 Å². The Balaban J connectivity index is 1.76. The summed E-state index contributed by atoms with van der Waals surface area (Å²) in [6.07, 6.45) is 3.29. The Hall–Kier alpha value is -3.14. The highest BCUT2D eigenvalue weighted by molar-refractivity contribution is 6.01. The van der Waals surface area contributed by atoms with Crippen LogP contribution in [-0.4, -0.2) is 15.8 Å². The average molecular weight is 315 g/mol. The summed E-state index contributed by atoms with van der Waals surface area (Å²) in [5, 5.41) is 3.49. The zero-order valence-electron chi connectivity index (χ0n) is 13.1. The fourth-order valence-corrected chi connectivity index (χ4v) is 3.04. The molecular weight excluding hydrogens is 298 g/mol. The predicted molar refractivity (Wildman–Crippen MR) is 93.4 cm³/mol. The Morgan fingerprint density at radius 2 is 1.62 bits per heavy atom. The third kappa shape index (κ3) is 2.63. The summed E-state index contributed by atoms with van der Waals surface area (Å²) in [6, 6.07) is 21.6. The maximum atomic E-state index is 13.1. The Bertz CT molecular complexity index is 849. The monoisotopic (exact) mass is 315 g/mol. The van der Waals surface area contributed by atoms with Crippen LogP contribution in [0.25, 0.3) is 0 Å². The highest BCUT2D eigenvalue weighted by Crippen LogP contribution is 2.33. The fraction of sp³-hybridized carbons (Fsp3) is 0.100. The van der Waals surface area contributed by atoms with Crippen molar-refractivity contribution >= 4 is 11.6 Å². The smallest absolute Gasteiger partial charge is 0.258 e. The molecule has 0 spiro atoms. The predicted octanol–water partition coefficient (Wildman–Crippen LogP) is 3.85. The highest BCUT2D eigenvalue weighted by atomic mass is 16.2. The summed E-state index contributed by atoms with van der Waals surface area (Å²) in [6.45, 7) is 0.550.